The van der Waals surface area contributed by atoms with Gasteiger partial charge in [-0.1, -0.05) is 33.6 Å². The van der Waals surface area contributed by atoms with Crippen molar-refractivity contribution in [2.45, 2.75) is 64.1 Å². The molecule has 0 aromatic rings. The molecule has 0 aromatic heterocycles. The number of hydrogen-bond acceptors (Lipinski definition) is 8. The van der Waals surface area contributed by atoms with Crippen molar-refractivity contribution in [3.63, 3.8) is 0 Å². The van der Waals surface area contributed by atoms with Crippen LogP contribution in [0.4, 0.5) is 0 Å². The molecule has 170 valence electrons. The zero-order valence-electron chi connectivity index (χ0n) is 17.3. The van der Waals surface area contributed by atoms with E-state index in [1.807, 2.05) is 13.8 Å². The summed E-state index contributed by atoms with van der Waals surface area (Å²) in [6, 6.07) is -1.03. The second-order valence-electron chi connectivity index (χ2n) is 7.82. The number of phosphoric acid groups is 1. The largest absolute Gasteiger partial charge is 0.470 e. The lowest BCUT2D eigenvalue weighted by atomic mass is 9.71. The first-order valence-corrected chi connectivity index (χ1v) is 11.2. The third kappa shape index (κ3) is 6.90. The molecule has 6 N–H and O–H groups in total. The zero-order chi connectivity index (χ0) is 23.3. The molecule has 4 unspecified atom stereocenters. The Bertz CT molecular complexity index is 775. The highest BCUT2D eigenvalue weighted by Gasteiger charge is 2.50. The van der Waals surface area contributed by atoms with E-state index in [-0.39, 0.29) is 18.8 Å². The summed E-state index contributed by atoms with van der Waals surface area (Å²) in [7, 11) is -5.05. The molecule has 1 rings (SSSR count). The molecule has 0 radical (unpaired) electrons. The molecule has 0 aromatic carbocycles. The number of carbonyl (C=O) groups excluding carboxylic acids is 2. The normalized spacial score (nSPS) is 23.7. The highest BCUT2D eigenvalue weighted by molar-refractivity contribution is 7.46. The minimum Gasteiger partial charge on any atom is -0.321 e. The average Bonchev–Trinajstić information content (AvgIpc) is 2.62. The third-order valence-electron chi connectivity index (χ3n) is 4.79. The maximum atomic E-state index is 13.2. The van der Waals surface area contributed by atoms with Gasteiger partial charge in [0.2, 0.25) is 0 Å². The Balaban J connectivity index is 3.40. The molecule has 1 aliphatic rings. The smallest absolute Gasteiger partial charge is 0.321 e. The molecular formula is C18H30N3O8P. The summed E-state index contributed by atoms with van der Waals surface area (Å²) >= 11 is 0. The number of nitro groups is 1. The predicted octanol–water partition coefficient (Wildman–Crippen LogP) is 1.21. The molecule has 0 saturated carbocycles. The number of rotatable bonds is 12. The van der Waals surface area contributed by atoms with Crippen molar-refractivity contribution in [2.75, 3.05) is 0 Å². The van der Waals surface area contributed by atoms with Crippen LogP contribution >= 0.6 is 7.82 Å². The predicted molar refractivity (Wildman–Crippen MR) is 109 cm³/mol. The van der Waals surface area contributed by atoms with Gasteiger partial charge in [0.15, 0.2) is 11.6 Å². The van der Waals surface area contributed by atoms with E-state index in [1.165, 1.54) is 0 Å². The second-order valence-corrected chi connectivity index (χ2v) is 9.01. The Kier molecular flexibility index (Phi) is 9.22. The summed E-state index contributed by atoms with van der Waals surface area (Å²) in [4.78, 5) is 55.0. The van der Waals surface area contributed by atoms with Crippen LogP contribution in [-0.2, 0) is 18.7 Å². The molecule has 0 spiro atoms. The lowest BCUT2D eigenvalue weighted by Crippen LogP contribution is -2.61. The molecule has 0 fully saturated rings. The van der Waals surface area contributed by atoms with E-state index in [0.29, 0.717) is 12.8 Å². The number of Topliss-reactive ketones (excluding diaryl/α,β-unsaturated/α-hetero) is 2. The average molecular weight is 447 g/mol. The van der Waals surface area contributed by atoms with Gasteiger partial charge in [0.05, 0.1) is 16.9 Å². The standard InChI is InChI=1S/C18H30N3O8P/c1-4-5-6-15(29-30(26,27)28)16(22)13-10-12(21(24)25)7-8-18(13,20)17(23)14(19)9-11(2)3/h7-8,10-11,13-15H,4-6,9,19-20H2,1-3H3,(H2,26,27,28). The number of phosphoric ester groups is 1. The Labute approximate surface area is 174 Å². The summed E-state index contributed by atoms with van der Waals surface area (Å²) in [6.07, 6.45) is 2.62. The number of hydrogen-bond donors (Lipinski definition) is 4. The Morgan fingerprint density at radius 3 is 2.47 bits per heavy atom. The summed E-state index contributed by atoms with van der Waals surface area (Å²) < 4.78 is 16.0. The van der Waals surface area contributed by atoms with Crippen molar-refractivity contribution >= 4 is 19.4 Å². The number of unbranched alkanes of at least 4 members (excludes halogenated alkanes) is 1. The van der Waals surface area contributed by atoms with Crippen LogP contribution in [-0.4, -0.2) is 44.0 Å². The third-order valence-corrected chi connectivity index (χ3v) is 5.32. The topological polar surface area (TPSA) is 196 Å². The van der Waals surface area contributed by atoms with Crippen LogP contribution in [0.2, 0.25) is 0 Å². The number of allylic oxidation sites excluding steroid dienone is 1. The van der Waals surface area contributed by atoms with Crippen LogP contribution in [0.25, 0.3) is 0 Å². The van der Waals surface area contributed by atoms with Gasteiger partial charge in [-0.25, -0.2) is 4.57 Å². The molecule has 4 atom stereocenters. The first-order valence-electron chi connectivity index (χ1n) is 9.64. The van der Waals surface area contributed by atoms with Crippen molar-refractivity contribution in [1.29, 1.82) is 0 Å². The molecule has 12 heteroatoms. The van der Waals surface area contributed by atoms with Crippen LogP contribution in [0.1, 0.15) is 46.5 Å². The van der Waals surface area contributed by atoms with E-state index in [2.05, 4.69) is 4.52 Å². The molecule has 0 bridgehead atoms. The number of nitrogens with zero attached hydrogens (tertiary/aromatic N) is 1. The fourth-order valence-corrected chi connectivity index (χ4v) is 3.85. The minimum absolute atomic E-state index is 0.0504. The van der Waals surface area contributed by atoms with E-state index in [4.69, 9.17) is 11.5 Å². The van der Waals surface area contributed by atoms with Gasteiger partial charge in [-0.15, -0.1) is 0 Å². The maximum absolute atomic E-state index is 13.2. The summed E-state index contributed by atoms with van der Waals surface area (Å²) in [5, 5.41) is 11.2. The fraction of sp³-hybridized carbons (Fsp3) is 0.667. The molecule has 0 saturated heterocycles. The zero-order valence-corrected chi connectivity index (χ0v) is 18.2. The lowest BCUT2D eigenvalue weighted by molar-refractivity contribution is -0.419. The Hall–Kier alpha value is -1.75. The van der Waals surface area contributed by atoms with Gasteiger partial charge in [0.25, 0.3) is 5.70 Å². The molecule has 1 aliphatic carbocycles. The van der Waals surface area contributed by atoms with Gasteiger partial charge in [0.1, 0.15) is 11.6 Å². The summed E-state index contributed by atoms with van der Waals surface area (Å²) in [5.41, 5.74) is 9.75. The molecule has 0 aliphatic heterocycles. The minimum atomic E-state index is -5.05. The van der Waals surface area contributed by atoms with Crippen LogP contribution in [0, 0.1) is 22.0 Å². The quantitative estimate of drug-likeness (QED) is 0.192. The number of nitrogens with two attached hydrogens (primary N) is 2. The van der Waals surface area contributed by atoms with Crippen molar-refractivity contribution in [3.05, 3.63) is 34.0 Å². The van der Waals surface area contributed by atoms with Crippen LogP contribution in [0.3, 0.4) is 0 Å². The molecule has 0 heterocycles. The van der Waals surface area contributed by atoms with Gasteiger partial charge < -0.3 is 21.3 Å². The maximum Gasteiger partial charge on any atom is 0.470 e. The van der Waals surface area contributed by atoms with E-state index in [9.17, 15) is 34.1 Å². The van der Waals surface area contributed by atoms with Gasteiger partial charge >= 0.3 is 7.82 Å². The number of ketones is 2. The molecule has 0 amide bonds. The van der Waals surface area contributed by atoms with E-state index < -0.39 is 53.6 Å². The molecular weight excluding hydrogens is 417 g/mol. The SMILES string of the molecule is CCCCC(OP(=O)(O)O)C(=O)C1C=C([N+](=O)[O-])C=CC1(N)C(=O)C(N)CC(C)C. The molecule has 11 nitrogen and oxygen atoms in total. The monoisotopic (exact) mass is 447 g/mol. The van der Waals surface area contributed by atoms with Gasteiger partial charge in [-0.3, -0.25) is 24.2 Å². The second kappa shape index (κ2) is 10.5. The Morgan fingerprint density at radius 1 is 1.40 bits per heavy atom. The summed E-state index contributed by atoms with van der Waals surface area (Å²) in [5.74, 6) is -3.14. The lowest BCUT2D eigenvalue weighted by Gasteiger charge is -2.36. The first kappa shape index (κ1) is 26.3. The van der Waals surface area contributed by atoms with Gasteiger partial charge in [0, 0.05) is 12.2 Å². The van der Waals surface area contributed by atoms with Crippen molar-refractivity contribution in [1.82, 2.24) is 0 Å². The Morgan fingerprint density at radius 2 is 2.00 bits per heavy atom. The van der Waals surface area contributed by atoms with E-state index in [1.54, 1.807) is 6.92 Å². The van der Waals surface area contributed by atoms with Gasteiger partial charge in [-0.2, -0.15) is 0 Å². The van der Waals surface area contributed by atoms with Crippen LogP contribution < -0.4 is 11.5 Å². The van der Waals surface area contributed by atoms with Crippen molar-refractivity contribution in [2.24, 2.45) is 23.3 Å². The first-order chi connectivity index (χ1) is 13.7. The van der Waals surface area contributed by atoms with Gasteiger partial charge in [-0.05, 0) is 24.8 Å². The summed E-state index contributed by atoms with van der Waals surface area (Å²) in [6.45, 7) is 5.49. The highest BCUT2D eigenvalue weighted by atomic mass is 31.2. The van der Waals surface area contributed by atoms with Crippen LogP contribution in [0.5, 0.6) is 0 Å². The van der Waals surface area contributed by atoms with E-state index in [0.717, 1.165) is 18.2 Å². The van der Waals surface area contributed by atoms with E-state index >= 15 is 0 Å². The number of carbonyl (C=O) groups is 2. The van der Waals surface area contributed by atoms with Crippen molar-refractivity contribution < 1.29 is 33.4 Å². The molecule has 30 heavy (non-hydrogen) atoms. The van der Waals surface area contributed by atoms with Crippen LogP contribution in [0.15, 0.2) is 23.9 Å². The fourth-order valence-electron chi connectivity index (χ4n) is 3.30. The van der Waals surface area contributed by atoms with Crippen molar-refractivity contribution in [3.8, 4) is 0 Å². The highest BCUT2D eigenvalue weighted by Crippen LogP contribution is 2.41.